The highest BCUT2D eigenvalue weighted by atomic mass is 32.2. The van der Waals surface area contributed by atoms with Crippen molar-refractivity contribution in [3.8, 4) is 11.5 Å². The zero-order valence-corrected chi connectivity index (χ0v) is 19.0. The normalized spacial score (nSPS) is 14.5. The maximum Gasteiger partial charge on any atom is 0.341 e. The number of rotatable bonds is 8. The minimum atomic E-state index is -1.13. The Morgan fingerprint density at radius 2 is 1.88 bits per heavy atom. The highest BCUT2D eigenvalue weighted by Gasteiger charge is 2.36. The first-order valence-electron chi connectivity index (χ1n) is 9.83. The van der Waals surface area contributed by atoms with E-state index in [0.717, 1.165) is 27.8 Å². The number of methoxy groups -OCH3 is 1. The molecule has 33 heavy (non-hydrogen) atoms. The number of nitrogens with one attached hydrogen (secondary N) is 1. The highest BCUT2D eigenvalue weighted by Crippen LogP contribution is 2.34. The van der Waals surface area contributed by atoms with Crippen LogP contribution in [0.25, 0.3) is 6.08 Å². The summed E-state index contributed by atoms with van der Waals surface area (Å²) in [5, 5.41) is 10.9. The van der Waals surface area contributed by atoms with Crippen molar-refractivity contribution in [2.24, 2.45) is 0 Å². The van der Waals surface area contributed by atoms with Crippen molar-refractivity contribution in [3.63, 3.8) is 0 Å². The average Bonchev–Trinajstić information content (AvgIpc) is 3.02. The number of carbonyl (C=O) groups is 4. The van der Waals surface area contributed by atoms with Gasteiger partial charge in [-0.2, -0.15) is 0 Å². The molecule has 0 bridgehead atoms. The Balaban J connectivity index is 1.72. The zero-order valence-electron chi connectivity index (χ0n) is 18.2. The quantitative estimate of drug-likeness (QED) is 0.563. The fourth-order valence-electron chi connectivity index (χ4n) is 3.02. The summed E-state index contributed by atoms with van der Waals surface area (Å²) in [6.07, 6.45) is 1.50. The number of anilines is 1. The number of aryl methyl sites for hydroxylation is 2. The van der Waals surface area contributed by atoms with Crippen LogP contribution in [0.3, 0.4) is 0 Å². The summed E-state index contributed by atoms with van der Waals surface area (Å²) in [5.41, 5.74) is 3.01. The molecule has 0 unspecified atom stereocenters. The van der Waals surface area contributed by atoms with Gasteiger partial charge in [-0.3, -0.25) is 19.3 Å². The fourth-order valence-corrected chi connectivity index (χ4v) is 3.86. The first-order chi connectivity index (χ1) is 15.7. The van der Waals surface area contributed by atoms with Gasteiger partial charge >= 0.3 is 5.97 Å². The second-order valence-corrected chi connectivity index (χ2v) is 8.22. The Morgan fingerprint density at radius 3 is 2.58 bits per heavy atom. The summed E-state index contributed by atoms with van der Waals surface area (Å²) in [6.45, 7) is 2.82. The fraction of sp³-hybridized carbons (Fsp3) is 0.217. The molecule has 2 N–H and O–H groups in total. The van der Waals surface area contributed by atoms with Gasteiger partial charge in [0.1, 0.15) is 6.54 Å². The zero-order chi connectivity index (χ0) is 24.1. The van der Waals surface area contributed by atoms with E-state index in [0.29, 0.717) is 11.3 Å². The molecule has 0 aromatic heterocycles. The molecule has 3 rings (SSSR count). The number of aliphatic carboxylic acids is 1. The lowest BCUT2D eigenvalue weighted by Gasteiger charge is -2.14. The number of benzene rings is 2. The SMILES string of the molecule is COc1cc(/C=C2/SC(=O)N(CC(=O)Nc3cc(C)ccc3C)C2=O)ccc1OCC(=O)O. The Labute approximate surface area is 194 Å². The molecule has 10 heteroatoms. The third-order valence-corrected chi connectivity index (χ3v) is 5.59. The number of hydrogen-bond acceptors (Lipinski definition) is 7. The number of thioether (sulfide) groups is 1. The lowest BCUT2D eigenvalue weighted by molar-refractivity contribution is -0.139. The van der Waals surface area contributed by atoms with Crippen molar-refractivity contribution in [1.82, 2.24) is 4.90 Å². The molecule has 2 aromatic rings. The van der Waals surface area contributed by atoms with E-state index in [-0.39, 0.29) is 16.4 Å². The Hall–Kier alpha value is -3.79. The molecule has 1 saturated heterocycles. The largest absolute Gasteiger partial charge is 0.493 e. The molecule has 1 aliphatic rings. The summed E-state index contributed by atoms with van der Waals surface area (Å²) in [7, 11) is 1.40. The molecule has 1 heterocycles. The van der Waals surface area contributed by atoms with Crippen LogP contribution in [0.5, 0.6) is 11.5 Å². The number of carbonyl (C=O) groups excluding carboxylic acids is 3. The van der Waals surface area contributed by atoms with E-state index in [1.807, 2.05) is 32.0 Å². The Bertz CT molecular complexity index is 1160. The van der Waals surface area contributed by atoms with Crippen LogP contribution in [0.2, 0.25) is 0 Å². The van der Waals surface area contributed by atoms with Gasteiger partial charge in [0, 0.05) is 5.69 Å². The van der Waals surface area contributed by atoms with Crippen LogP contribution >= 0.6 is 11.8 Å². The van der Waals surface area contributed by atoms with E-state index in [2.05, 4.69) is 5.32 Å². The van der Waals surface area contributed by atoms with Crippen molar-refractivity contribution in [3.05, 3.63) is 58.0 Å². The first-order valence-corrected chi connectivity index (χ1v) is 10.6. The summed E-state index contributed by atoms with van der Waals surface area (Å²) < 4.78 is 10.4. The third-order valence-electron chi connectivity index (χ3n) is 4.68. The van der Waals surface area contributed by atoms with Gasteiger partial charge in [-0.25, -0.2) is 4.79 Å². The molecule has 0 aliphatic carbocycles. The second kappa shape index (κ2) is 10.2. The van der Waals surface area contributed by atoms with E-state index < -0.39 is 36.2 Å². The smallest absolute Gasteiger partial charge is 0.341 e. The molecule has 2 aromatic carbocycles. The van der Waals surface area contributed by atoms with E-state index in [1.54, 1.807) is 12.1 Å². The minimum absolute atomic E-state index is 0.154. The number of amides is 3. The van der Waals surface area contributed by atoms with Crippen LogP contribution in [0.15, 0.2) is 41.3 Å². The maximum absolute atomic E-state index is 12.7. The number of hydrogen-bond donors (Lipinski definition) is 2. The number of imide groups is 1. The molecule has 1 aliphatic heterocycles. The lowest BCUT2D eigenvalue weighted by Crippen LogP contribution is -2.36. The van der Waals surface area contributed by atoms with E-state index in [1.165, 1.54) is 19.3 Å². The number of nitrogens with zero attached hydrogens (tertiary/aromatic N) is 1. The highest BCUT2D eigenvalue weighted by molar-refractivity contribution is 8.18. The molecular formula is C23H22N2O7S. The molecule has 0 atom stereocenters. The van der Waals surface area contributed by atoms with Crippen LogP contribution in [-0.2, 0) is 14.4 Å². The third kappa shape index (κ3) is 5.92. The summed E-state index contributed by atoms with van der Waals surface area (Å²) in [5.74, 6) is -1.68. The molecule has 172 valence electrons. The van der Waals surface area contributed by atoms with Crippen LogP contribution in [0.4, 0.5) is 10.5 Å². The molecule has 3 amide bonds. The van der Waals surface area contributed by atoms with E-state index in [4.69, 9.17) is 14.6 Å². The van der Waals surface area contributed by atoms with Crippen molar-refractivity contribution in [2.45, 2.75) is 13.8 Å². The molecule has 9 nitrogen and oxygen atoms in total. The van der Waals surface area contributed by atoms with Gasteiger partial charge in [0.15, 0.2) is 18.1 Å². The van der Waals surface area contributed by atoms with Gasteiger partial charge in [-0.05, 0) is 66.6 Å². The topological polar surface area (TPSA) is 122 Å². The van der Waals surface area contributed by atoms with Gasteiger partial charge in [-0.15, -0.1) is 0 Å². The summed E-state index contributed by atoms with van der Waals surface area (Å²) in [6, 6.07) is 10.3. The monoisotopic (exact) mass is 470 g/mol. The van der Waals surface area contributed by atoms with E-state index >= 15 is 0 Å². The predicted molar refractivity (Wildman–Crippen MR) is 123 cm³/mol. The molecule has 0 spiro atoms. The lowest BCUT2D eigenvalue weighted by atomic mass is 10.1. The molecule has 1 fully saturated rings. The van der Waals surface area contributed by atoms with Crippen molar-refractivity contribution < 1.29 is 33.8 Å². The Morgan fingerprint density at radius 1 is 1.12 bits per heavy atom. The minimum Gasteiger partial charge on any atom is -0.493 e. The van der Waals surface area contributed by atoms with Gasteiger partial charge in [-0.1, -0.05) is 18.2 Å². The summed E-state index contributed by atoms with van der Waals surface area (Å²) in [4.78, 5) is 49.3. The van der Waals surface area contributed by atoms with E-state index in [9.17, 15) is 19.2 Å². The molecular weight excluding hydrogens is 448 g/mol. The van der Waals surface area contributed by atoms with Gasteiger partial charge in [0.2, 0.25) is 5.91 Å². The maximum atomic E-state index is 12.7. The van der Waals surface area contributed by atoms with Gasteiger partial charge in [0.25, 0.3) is 11.1 Å². The Kier molecular flexibility index (Phi) is 7.39. The first kappa shape index (κ1) is 23.9. The average molecular weight is 471 g/mol. The van der Waals surface area contributed by atoms with Crippen LogP contribution < -0.4 is 14.8 Å². The summed E-state index contributed by atoms with van der Waals surface area (Å²) >= 11 is 0.731. The standard InChI is InChI=1S/C23H22N2O7S/c1-13-4-5-14(2)16(8-13)24-20(26)11-25-22(29)19(33-23(25)30)10-15-6-7-17(18(9-15)31-3)32-12-21(27)28/h4-10H,11-12H2,1-3H3,(H,24,26)(H,27,28)/b19-10+. The second-order valence-electron chi connectivity index (χ2n) is 7.23. The predicted octanol–water partition coefficient (Wildman–Crippen LogP) is 3.45. The van der Waals surface area contributed by atoms with Crippen LogP contribution in [0.1, 0.15) is 16.7 Å². The van der Waals surface area contributed by atoms with Crippen molar-refractivity contribution >= 4 is 46.5 Å². The van der Waals surface area contributed by atoms with Crippen molar-refractivity contribution in [2.75, 3.05) is 25.6 Å². The van der Waals surface area contributed by atoms with Gasteiger partial charge < -0.3 is 19.9 Å². The van der Waals surface area contributed by atoms with Crippen molar-refractivity contribution in [1.29, 1.82) is 0 Å². The van der Waals surface area contributed by atoms with Crippen LogP contribution in [0, 0.1) is 13.8 Å². The number of carboxylic acids is 1. The number of carboxylic acid groups (broad SMARTS) is 1. The molecule has 0 saturated carbocycles. The van der Waals surface area contributed by atoms with Gasteiger partial charge in [0.05, 0.1) is 12.0 Å². The molecule has 0 radical (unpaired) electrons. The number of ether oxygens (including phenoxy) is 2. The van der Waals surface area contributed by atoms with Crippen LogP contribution in [-0.4, -0.2) is 53.3 Å².